The van der Waals surface area contributed by atoms with Gasteiger partial charge in [-0.05, 0) is 93.0 Å². The van der Waals surface area contributed by atoms with E-state index in [1.807, 2.05) is 30.5 Å². The predicted octanol–water partition coefficient (Wildman–Crippen LogP) is 5.21. The van der Waals surface area contributed by atoms with E-state index >= 15 is 0 Å². The van der Waals surface area contributed by atoms with Crippen molar-refractivity contribution in [2.75, 3.05) is 43.4 Å². The first-order valence-electron chi connectivity index (χ1n) is 19.2. The highest BCUT2D eigenvalue weighted by Crippen LogP contribution is 2.33. The molecule has 5 heterocycles. The average molecular weight is 742 g/mol. The summed E-state index contributed by atoms with van der Waals surface area (Å²) in [5.41, 5.74) is 12.5. The normalized spacial score (nSPS) is 18.2. The molecule has 2 fully saturated rings. The summed E-state index contributed by atoms with van der Waals surface area (Å²) < 4.78 is 0. The molecule has 0 bridgehead atoms. The number of unbranched alkanes of at least 4 members (excludes halogenated alkanes) is 2. The number of piperidine rings is 2. The van der Waals surface area contributed by atoms with Crippen LogP contribution in [-0.2, 0) is 16.1 Å². The number of hydrogen-bond donors (Lipinski definition) is 5. The molecule has 2 aromatic carbocycles. The zero-order chi connectivity index (χ0) is 38.1. The highest BCUT2D eigenvalue weighted by molar-refractivity contribution is 6.13. The van der Waals surface area contributed by atoms with Crippen LogP contribution in [0, 0.1) is 11.3 Å². The average Bonchev–Trinajstić information content (AvgIpc) is 3.81. The van der Waals surface area contributed by atoms with E-state index in [1.165, 1.54) is 11.8 Å². The second kappa shape index (κ2) is 17.4. The first-order valence-corrected chi connectivity index (χ1v) is 19.2. The number of benzene rings is 2. The van der Waals surface area contributed by atoms with Crippen molar-refractivity contribution in [2.45, 2.75) is 69.9 Å². The number of allylic oxidation sites excluding steroid dienone is 1. The van der Waals surface area contributed by atoms with E-state index < -0.39 is 6.04 Å². The monoisotopic (exact) mass is 741 g/mol. The van der Waals surface area contributed by atoms with Gasteiger partial charge >= 0.3 is 0 Å². The molecule has 14 heteroatoms. The van der Waals surface area contributed by atoms with Gasteiger partial charge in [0.05, 0.1) is 30.3 Å². The number of imide groups is 1. The number of anilines is 3. The zero-order valence-electron chi connectivity index (χ0n) is 30.9. The lowest BCUT2D eigenvalue weighted by Crippen LogP contribution is -2.52. The molecular formula is C41H47N11O3. The number of hydrogen-bond acceptors (Lipinski definition) is 11. The van der Waals surface area contributed by atoms with Crippen LogP contribution in [-0.4, -0.2) is 87.5 Å². The van der Waals surface area contributed by atoms with Crippen molar-refractivity contribution in [1.29, 1.82) is 5.26 Å². The molecule has 2 aromatic heterocycles. The van der Waals surface area contributed by atoms with Gasteiger partial charge in [0.2, 0.25) is 17.8 Å². The number of carbonyl (C=O) groups is 3. The number of H-pyrrole nitrogens is 1. The van der Waals surface area contributed by atoms with Gasteiger partial charge in [-0.1, -0.05) is 30.7 Å². The van der Waals surface area contributed by atoms with E-state index in [1.54, 1.807) is 11.1 Å². The molecule has 0 saturated carbocycles. The van der Waals surface area contributed by atoms with E-state index in [0.29, 0.717) is 60.3 Å². The maximum absolute atomic E-state index is 13.3. The van der Waals surface area contributed by atoms with Gasteiger partial charge < -0.3 is 31.2 Å². The molecule has 1 atom stereocenters. The van der Waals surface area contributed by atoms with E-state index in [9.17, 15) is 14.4 Å². The van der Waals surface area contributed by atoms with Gasteiger partial charge in [0.15, 0.2) is 0 Å². The van der Waals surface area contributed by atoms with E-state index in [4.69, 9.17) is 16.0 Å². The Morgan fingerprint density at radius 2 is 1.87 bits per heavy atom. The van der Waals surface area contributed by atoms with E-state index in [2.05, 4.69) is 66.1 Å². The van der Waals surface area contributed by atoms with Crippen molar-refractivity contribution >= 4 is 57.9 Å². The number of carbonyl (C=O) groups excluding carboxylic acids is 3. The summed E-state index contributed by atoms with van der Waals surface area (Å²) in [7, 11) is 0. The molecular weight excluding hydrogens is 695 g/mol. The SMILES string of the molecule is N#CCCN=C/C(=C\N)c1nc(Nc2ccc(C3CCN(CCCCCNc4cccc5c4C(=O)N(C4CCC(=O)NC4=O)C5)CC3)cc2)nc2[nH]ccc12. The van der Waals surface area contributed by atoms with E-state index in [0.717, 1.165) is 80.6 Å². The van der Waals surface area contributed by atoms with Gasteiger partial charge in [0.25, 0.3) is 5.91 Å². The number of amides is 3. The Hall–Kier alpha value is -6.07. The Morgan fingerprint density at radius 3 is 2.65 bits per heavy atom. The molecule has 7 rings (SSSR count). The van der Waals surface area contributed by atoms with Crippen LogP contribution in [0.25, 0.3) is 16.6 Å². The highest BCUT2D eigenvalue weighted by atomic mass is 16.2. The predicted molar refractivity (Wildman–Crippen MR) is 213 cm³/mol. The fourth-order valence-electron chi connectivity index (χ4n) is 7.76. The fraction of sp³-hybridized carbons (Fsp3) is 0.390. The Labute approximate surface area is 320 Å². The summed E-state index contributed by atoms with van der Waals surface area (Å²) in [5, 5.41) is 18.8. The molecule has 0 aliphatic carbocycles. The summed E-state index contributed by atoms with van der Waals surface area (Å²) in [6, 6.07) is 17.8. The van der Waals surface area contributed by atoms with Gasteiger partial charge in [0.1, 0.15) is 11.7 Å². The summed E-state index contributed by atoms with van der Waals surface area (Å²) in [5.74, 6) is 0.149. The van der Waals surface area contributed by atoms with Crippen molar-refractivity contribution in [3.8, 4) is 6.07 Å². The number of aromatic amines is 1. The molecule has 284 valence electrons. The Bertz CT molecular complexity index is 2130. The van der Waals surface area contributed by atoms with Gasteiger partial charge in [-0.25, -0.2) is 4.98 Å². The van der Waals surface area contributed by atoms with Gasteiger partial charge in [0, 0.05) is 60.5 Å². The standard InChI is InChI=1S/C41H47N11O3/c42-17-5-18-44-25-30(24-43)37-32-14-20-46-38(32)50-41(49-37)47-31-10-8-27(9-11-31)28-15-22-51(23-16-28)21-3-1-2-19-45-33-7-4-6-29-26-52(40(55)36(29)33)34-12-13-35(53)48-39(34)54/h4,6-11,14,20,24-25,28,34,45H,1-3,5,12-13,15-16,18-19,21-23,26,43H2,(H,48,53,54)(H2,46,47,49,50)/b30-24+,44-25?. The maximum atomic E-state index is 13.3. The number of rotatable bonds is 15. The van der Waals surface area contributed by atoms with Crippen LogP contribution in [0.1, 0.15) is 84.5 Å². The zero-order valence-corrected chi connectivity index (χ0v) is 30.9. The molecule has 1 unspecified atom stereocenters. The van der Waals surface area contributed by atoms with Gasteiger partial charge in [-0.15, -0.1) is 0 Å². The lowest BCUT2D eigenvalue weighted by Gasteiger charge is -2.32. The quantitative estimate of drug-likeness (QED) is 0.0613. The molecule has 3 aliphatic heterocycles. The number of aromatic nitrogens is 3. The molecule has 4 aromatic rings. The Balaban J connectivity index is 0.837. The maximum Gasteiger partial charge on any atom is 0.257 e. The molecule has 2 saturated heterocycles. The lowest BCUT2D eigenvalue weighted by atomic mass is 9.89. The van der Waals surface area contributed by atoms with Crippen molar-refractivity contribution in [1.82, 2.24) is 30.1 Å². The number of nitrogens with zero attached hydrogens (tertiary/aromatic N) is 6. The van der Waals surface area contributed by atoms with Crippen LogP contribution in [0.2, 0.25) is 0 Å². The minimum atomic E-state index is -0.608. The van der Waals surface area contributed by atoms with Gasteiger partial charge in [-0.3, -0.25) is 24.7 Å². The van der Waals surface area contributed by atoms with Crippen LogP contribution >= 0.6 is 0 Å². The molecule has 3 amide bonds. The molecule has 6 N–H and O–H groups in total. The number of aliphatic imine (C=N–C) groups is 1. The van der Waals surface area contributed by atoms with Crippen LogP contribution in [0.3, 0.4) is 0 Å². The molecule has 0 radical (unpaired) electrons. The van der Waals surface area contributed by atoms with Crippen LogP contribution in [0.5, 0.6) is 0 Å². The lowest BCUT2D eigenvalue weighted by molar-refractivity contribution is -0.136. The highest BCUT2D eigenvalue weighted by Gasteiger charge is 2.40. The van der Waals surface area contributed by atoms with Crippen molar-refractivity contribution in [2.24, 2.45) is 10.7 Å². The van der Waals surface area contributed by atoms with Gasteiger partial charge in [-0.2, -0.15) is 10.2 Å². The Kier molecular flexibility index (Phi) is 11.8. The Morgan fingerprint density at radius 1 is 1.04 bits per heavy atom. The minimum absolute atomic E-state index is 0.148. The second-order valence-electron chi connectivity index (χ2n) is 14.3. The minimum Gasteiger partial charge on any atom is -0.404 e. The summed E-state index contributed by atoms with van der Waals surface area (Å²) >= 11 is 0. The molecule has 0 spiro atoms. The third-order valence-electron chi connectivity index (χ3n) is 10.7. The summed E-state index contributed by atoms with van der Waals surface area (Å²) in [6.45, 7) is 4.79. The third kappa shape index (κ3) is 8.68. The van der Waals surface area contributed by atoms with Crippen molar-refractivity contribution in [3.63, 3.8) is 0 Å². The third-order valence-corrected chi connectivity index (χ3v) is 10.7. The molecule has 55 heavy (non-hydrogen) atoms. The molecule has 3 aliphatic rings. The number of nitrogens with two attached hydrogens (primary N) is 1. The first kappa shape index (κ1) is 37.3. The number of nitriles is 1. The smallest absolute Gasteiger partial charge is 0.257 e. The van der Waals surface area contributed by atoms with Crippen LogP contribution < -0.4 is 21.7 Å². The first-order chi connectivity index (χ1) is 26.9. The topological polar surface area (TPSA) is 198 Å². The van der Waals surface area contributed by atoms with Crippen molar-refractivity contribution < 1.29 is 14.4 Å². The molecule has 14 nitrogen and oxygen atoms in total. The van der Waals surface area contributed by atoms with Crippen LogP contribution in [0.4, 0.5) is 17.3 Å². The van der Waals surface area contributed by atoms with Crippen LogP contribution in [0.15, 0.2) is 65.9 Å². The number of likely N-dealkylation sites (tertiary alicyclic amines) is 1. The number of nitrogens with one attached hydrogen (secondary N) is 4. The number of fused-ring (bicyclic) bond motifs is 2. The second-order valence-corrected chi connectivity index (χ2v) is 14.3. The van der Waals surface area contributed by atoms with Crippen molar-refractivity contribution in [3.05, 3.63) is 83.3 Å². The summed E-state index contributed by atoms with van der Waals surface area (Å²) in [6.07, 6.45) is 11.3. The van der Waals surface area contributed by atoms with E-state index in [-0.39, 0.29) is 24.1 Å². The summed E-state index contributed by atoms with van der Waals surface area (Å²) in [4.78, 5) is 58.4. The fourth-order valence-corrected chi connectivity index (χ4v) is 7.76. The largest absolute Gasteiger partial charge is 0.404 e.